The number of benzene rings is 2. The fourth-order valence-corrected chi connectivity index (χ4v) is 3.10. The van der Waals surface area contributed by atoms with Gasteiger partial charge in [0, 0.05) is 28.1 Å². The fourth-order valence-electron chi connectivity index (χ4n) is 2.46. The Morgan fingerprint density at radius 3 is 2.43 bits per heavy atom. The Morgan fingerprint density at radius 2 is 1.81 bits per heavy atom. The van der Waals surface area contributed by atoms with Crippen molar-refractivity contribution in [2.24, 2.45) is 5.73 Å². The first kappa shape index (κ1) is 16.7. The Labute approximate surface area is 143 Å². The molecular formula is C17H20Br2N2. The van der Waals surface area contributed by atoms with E-state index in [0.29, 0.717) is 6.54 Å². The zero-order chi connectivity index (χ0) is 15.4. The molecule has 2 aromatic carbocycles. The van der Waals surface area contributed by atoms with Crippen molar-refractivity contribution in [3.8, 4) is 0 Å². The average Bonchev–Trinajstić information content (AvgIpc) is 2.46. The Kier molecular flexibility index (Phi) is 5.99. The minimum Gasteiger partial charge on any atom is -0.329 e. The molecule has 2 rings (SSSR count). The fraction of sp³-hybridized carbons (Fsp3) is 0.294. The van der Waals surface area contributed by atoms with Crippen molar-refractivity contribution in [1.82, 2.24) is 4.90 Å². The third-order valence-corrected chi connectivity index (χ3v) is 5.64. The molecule has 0 saturated heterocycles. The molecule has 0 aliphatic rings. The molecule has 2 nitrogen and oxygen atoms in total. The Morgan fingerprint density at radius 1 is 1.10 bits per heavy atom. The summed E-state index contributed by atoms with van der Waals surface area (Å²) in [7, 11) is 2.12. The molecule has 21 heavy (non-hydrogen) atoms. The second kappa shape index (κ2) is 7.54. The maximum atomic E-state index is 6.02. The highest BCUT2D eigenvalue weighted by molar-refractivity contribution is 9.13. The predicted octanol–water partition coefficient (Wildman–Crippen LogP) is 4.65. The van der Waals surface area contributed by atoms with Gasteiger partial charge in [-0.1, -0.05) is 30.3 Å². The van der Waals surface area contributed by atoms with Gasteiger partial charge in [-0.05, 0) is 74.7 Å². The highest BCUT2D eigenvalue weighted by Gasteiger charge is 2.17. The van der Waals surface area contributed by atoms with E-state index in [4.69, 9.17) is 5.73 Å². The summed E-state index contributed by atoms with van der Waals surface area (Å²) in [6.07, 6.45) is 0. The van der Waals surface area contributed by atoms with Gasteiger partial charge in [0.15, 0.2) is 0 Å². The van der Waals surface area contributed by atoms with Gasteiger partial charge >= 0.3 is 0 Å². The zero-order valence-electron chi connectivity index (χ0n) is 12.3. The Bertz CT molecular complexity index is 613. The summed E-state index contributed by atoms with van der Waals surface area (Å²) in [6, 6.07) is 15.0. The largest absolute Gasteiger partial charge is 0.329 e. The lowest BCUT2D eigenvalue weighted by Gasteiger charge is -2.28. The molecule has 112 valence electrons. The topological polar surface area (TPSA) is 29.3 Å². The average molecular weight is 412 g/mol. The first-order valence-electron chi connectivity index (χ1n) is 6.92. The molecule has 0 radical (unpaired) electrons. The van der Waals surface area contributed by atoms with Gasteiger partial charge in [0.25, 0.3) is 0 Å². The third-order valence-electron chi connectivity index (χ3n) is 3.76. The van der Waals surface area contributed by atoms with Gasteiger partial charge in [-0.2, -0.15) is 0 Å². The Balaban J connectivity index is 2.20. The summed E-state index contributed by atoms with van der Waals surface area (Å²) in [5, 5.41) is 0. The van der Waals surface area contributed by atoms with Crippen molar-refractivity contribution in [1.29, 1.82) is 0 Å². The highest BCUT2D eigenvalue weighted by atomic mass is 79.9. The molecule has 1 unspecified atom stereocenters. The molecule has 2 N–H and O–H groups in total. The van der Waals surface area contributed by atoms with E-state index in [1.54, 1.807) is 0 Å². The predicted molar refractivity (Wildman–Crippen MR) is 96.3 cm³/mol. The molecule has 0 aliphatic carbocycles. The van der Waals surface area contributed by atoms with Crippen LogP contribution in [0.3, 0.4) is 0 Å². The van der Waals surface area contributed by atoms with E-state index in [1.807, 2.05) is 0 Å². The summed E-state index contributed by atoms with van der Waals surface area (Å²) in [6.45, 7) is 3.63. The van der Waals surface area contributed by atoms with Gasteiger partial charge in [0.1, 0.15) is 0 Å². The number of rotatable bonds is 5. The van der Waals surface area contributed by atoms with Crippen LogP contribution in [-0.4, -0.2) is 18.5 Å². The number of nitrogens with two attached hydrogens (primary N) is 1. The second-order valence-electron chi connectivity index (χ2n) is 5.27. The lowest BCUT2D eigenvalue weighted by atomic mass is 10.0. The molecule has 1 atom stereocenters. The van der Waals surface area contributed by atoms with Crippen molar-refractivity contribution < 1.29 is 0 Å². The monoisotopic (exact) mass is 410 g/mol. The van der Waals surface area contributed by atoms with Crippen LogP contribution in [0.15, 0.2) is 51.4 Å². The molecule has 4 heteroatoms. The number of aryl methyl sites for hydroxylation is 1. The van der Waals surface area contributed by atoms with Gasteiger partial charge in [0.05, 0.1) is 0 Å². The summed E-state index contributed by atoms with van der Waals surface area (Å²) < 4.78 is 2.12. The van der Waals surface area contributed by atoms with Crippen LogP contribution in [0, 0.1) is 6.92 Å². The molecule has 0 heterocycles. The first-order chi connectivity index (χ1) is 10.0. The highest BCUT2D eigenvalue weighted by Crippen LogP contribution is 2.29. The summed E-state index contributed by atoms with van der Waals surface area (Å²) >= 11 is 7.07. The van der Waals surface area contributed by atoms with Crippen LogP contribution in [-0.2, 0) is 6.54 Å². The van der Waals surface area contributed by atoms with Crippen LogP contribution in [0.5, 0.6) is 0 Å². The number of nitrogens with zero attached hydrogens (tertiary/aromatic N) is 1. The number of hydrogen-bond acceptors (Lipinski definition) is 2. The molecule has 0 saturated carbocycles. The first-order valence-corrected chi connectivity index (χ1v) is 8.51. The smallest absolute Gasteiger partial charge is 0.0471 e. The van der Waals surface area contributed by atoms with E-state index in [9.17, 15) is 0 Å². The van der Waals surface area contributed by atoms with Crippen molar-refractivity contribution in [3.63, 3.8) is 0 Å². The van der Waals surface area contributed by atoms with Crippen LogP contribution in [0.1, 0.15) is 22.7 Å². The van der Waals surface area contributed by atoms with Gasteiger partial charge < -0.3 is 5.73 Å². The van der Waals surface area contributed by atoms with Crippen molar-refractivity contribution >= 4 is 31.9 Å². The zero-order valence-corrected chi connectivity index (χ0v) is 15.5. The van der Waals surface area contributed by atoms with Gasteiger partial charge in [0.2, 0.25) is 0 Å². The van der Waals surface area contributed by atoms with Gasteiger partial charge in [-0.3, -0.25) is 4.90 Å². The summed E-state index contributed by atoms with van der Waals surface area (Å²) in [5.41, 5.74) is 9.90. The molecule has 2 aromatic rings. The number of likely N-dealkylation sites (N-methyl/N-ethyl adjacent to an activating group) is 1. The minimum atomic E-state index is 0.203. The van der Waals surface area contributed by atoms with Crippen LogP contribution in [0.25, 0.3) is 0 Å². The lowest BCUT2D eigenvalue weighted by Crippen LogP contribution is -2.30. The summed E-state index contributed by atoms with van der Waals surface area (Å²) in [5.74, 6) is 0. The van der Waals surface area contributed by atoms with Crippen LogP contribution >= 0.6 is 31.9 Å². The number of halogens is 2. The molecular weight excluding hydrogens is 392 g/mol. The molecule has 0 bridgehead atoms. The van der Waals surface area contributed by atoms with E-state index in [-0.39, 0.29) is 6.04 Å². The quantitative estimate of drug-likeness (QED) is 0.775. The van der Waals surface area contributed by atoms with E-state index >= 15 is 0 Å². The van der Waals surface area contributed by atoms with Crippen molar-refractivity contribution in [2.75, 3.05) is 13.6 Å². The molecule has 0 fully saturated rings. The van der Waals surface area contributed by atoms with Crippen LogP contribution in [0.2, 0.25) is 0 Å². The van der Waals surface area contributed by atoms with E-state index in [1.165, 1.54) is 16.7 Å². The molecule has 0 aliphatic heterocycles. The van der Waals surface area contributed by atoms with Crippen LogP contribution < -0.4 is 5.73 Å². The van der Waals surface area contributed by atoms with E-state index < -0.39 is 0 Å². The van der Waals surface area contributed by atoms with Crippen molar-refractivity contribution in [2.45, 2.75) is 19.5 Å². The molecule has 0 aromatic heterocycles. The maximum absolute atomic E-state index is 6.02. The Hall–Kier alpha value is -0.680. The third kappa shape index (κ3) is 4.16. The summed E-state index contributed by atoms with van der Waals surface area (Å²) in [4.78, 5) is 2.30. The second-order valence-corrected chi connectivity index (χ2v) is 6.98. The molecule has 0 spiro atoms. The maximum Gasteiger partial charge on any atom is 0.0471 e. The number of hydrogen-bond donors (Lipinski definition) is 1. The van der Waals surface area contributed by atoms with Crippen molar-refractivity contribution in [3.05, 3.63) is 68.1 Å². The normalized spacial score (nSPS) is 12.7. The SMILES string of the molecule is Cc1ccccc1CN(C)C(CN)c1ccc(Br)c(Br)c1. The minimum absolute atomic E-state index is 0.203. The van der Waals surface area contributed by atoms with Gasteiger partial charge in [-0.15, -0.1) is 0 Å². The van der Waals surface area contributed by atoms with E-state index in [2.05, 4.69) is 93.2 Å². The van der Waals surface area contributed by atoms with Gasteiger partial charge in [-0.25, -0.2) is 0 Å². The van der Waals surface area contributed by atoms with E-state index in [0.717, 1.165) is 15.5 Å². The van der Waals surface area contributed by atoms with Crippen LogP contribution in [0.4, 0.5) is 0 Å². The molecule has 0 amide bonds. The standard InChI is InChI=1S/C17H20Br2N2/c1-12-5-3-4-6-14(12)11-21(2)17(10-20)13-7-8-15(18)16(19)9-13/h3-9,17H,10-11,20H2,1-2H3. The lowest BCUT2D eigenvalue weighted by molar-refractivity contribution is 0.241.